The Kier molecular flexibility index (Phi) is 6.20. The molecule has 2 amide bonds. The number of carbonyl (C=O) groups excluding carboxylic acids is 3. The van der Waals surface area contributed by atoms with E-state index in [1.807, 2.05) is 30.3 Å². The highest BCUT2D eigenvalue weighted by atomic mass is 16.5. The van der Waals surface area contributed by atoms with Gasteiger partial charge in [0, 0.05) is 25.2 Å². The Bertz CT molecular complexity index is 820. The number of ether oxygens (including phenoxy) is 1. The van der Waals surface area contributed by atoms with Gasteiger partial charge in [-0.15, -0.1) is 0 Å². The van der Waals surface area contributed by atoms with Gasteiger partial charge in [0.1, 0.15) is 0 Å². The predicted molar refractivity (Wildman–Crippen MR) is 101 cm³/mol. The summed E-state index contributed by atoms with van der Waals surface area (Å²) in [4.78, 5) is 37.5. The largest absolute Gasteiger partial charge is 0.452 e. The number of hydrogen-bond acceptors (Lipinski definition) is 4. The lowest BCUT2D eigenvalue weighted by atomic mass is 10.1. The van der Waals surface area contributed by atoms with Gasteiger partial charge in [-0.1, -0.05) is 36.4 Å². The quantitative estimate of drug-likeness (QED) is 0.763. The van der Waals surface area contributed by atoms with Gasteiger partial charge in [-0.05, 0) is 36.6 Å². The highest BCUT2D eigenvalue weighted by molar-refractivity contribution is 5.97. The molecule has 1 fully saturated rings. The fourth-order valence-corrected chi connectivity index (χ4v) is 2.98. The summed E-state index contributed by atoms with van der Waals surface area (Å²) in [6.07, 6.45) is 2.06. The van der Waals surface area contributed by atoms with E-state index >= 15 is 0 Å². The van der Waals surface area contributed by atoms with Crippen molar-refractivity contribution in [2.24, 2.45) is 0 Å². The van der Waals surface area contributed by atoms with Crippen LogP contribution in [-0.4, -0.2) is 37.5 Å². The molecule has 0 aromatic heterocycles. The third-order valence-corrected chi connectivity index (χ3v) is 4.38. The summed E-state index contributed by atoms with van der Waals surface area (Å²) in [5, 5.41) is 2.73. The lowest BCUT2D eigenvalue weighted by Gasteiger charge is -2.16. The van der Waals surface area contributed by atoms with Crippen molar-refractivity contribution in [2.75, 3.05) is 24.6 Å². The third-order valence-electron chi connectivity index (χ3n) is 4.38. The first-order valence-corrected chi connectivity index (χ1v) is 9.01. The first kappa shape index (κ1) is 18.6. The number of nitrogens with zero attached hydrogens (tertiary/aromatic N) is 1. The maximum Gasteiger partial charge on any atom is 0.338 e. The summed E-state index contributed by atoms with van der Waals surface area (Å²) < 4.78 is 5.08. The molecule has 1 heterocycles. The molecule has 0 atom stereocenters. The molecular formula is C21H22N2O4. The number of rotatable bonds is 7. The summed E-state index contributed by atoms with van der Waals surface area (Å²) in [5.41, 5.74) is 2.13. The summed E-state index contributed by atoms with van der Waals surface area (Å²) in [5.74, 6) is -0.870. The van der Waals surface area contributed by atoms with Crippen LogP contribution in [0.2, 0.25) is 0 Å². The van der Waals surface area contributed by atoms with Gasteiger partial charge < -0.3 is 15.0 Å². The second kappa shape index (κ2) is 8.98. The Balaban J connectivity index is 1.46. The number of esters is 1. The van der Waals surface area contributed by atoms with Crippen LogP contribution in [-0.2, 0) is 20.7 Å². The first-order valence-electron chi connectivity index (χ1n) is 9.01. The molecule has 140 valence electrons. The monoisotopic (exact) mass is 366 g/mol. The highest BCUT2D eigenvalue weighted by Gasteiger charge is 2.22. The van der Waals surface area contributed by atoms with Crippen LogP contribution in [0.15, 0.2) is 54.6 Å². The number of amides is 2. The molecule has 3 rings (SSSR count). The normalized spacial score (nSPS) is 13.5. The Morgan fingerprint density at radius 2 is 1.89 bits per heavy atom. The van der Waals surface area contributed by atoms with E-state index in [1.54, 1.807) is 29.2 Å². The van der Waals surface area contributed by atoms with Crippen LogP contribution >= 0.6 is 0 Å². The number of benzene rings is 2. The molecule has 1 N–H and O–H groups in total. The van der Waals surface area contributed by atoms with Crippen molar-refractivity contribution in [1.82, 2.24) is 5.32 Å². The molecule has 2 aromatic rings. The lowest BCUT2D eigenvalue weighted by molar-refractivity contribution is -0.124. The number of nitrogens with one attached hydrogen (secondary N) is 1. The highest BCUT2D eigenvalue weighted by Crippen LogP contribution is 2.22. The van der Waals surface area contributed by atoms with Gasteiger partial charge >= 0.3 is 5.97 Å². The molecule has 0 radical (unpaired) electrons. The molecule has 0 unspecified atom stereocenters. The van der Waals surface area contributed by atoms with Crippen LogP contribution in [0, 0.1) is 0 Å². The molecule has 1 aliphatic rings. The van der Waals surface area contributed by atoms with Gasteiger partial charge in [0.05, 0.1) is 5.56 Å². The zero-order valence-corrected chi connectivity index (χ0v) is 15.0. The standard InChI is InChI=1S/C21H22N2O4/c24-19(22-12-11-16-6-2-1-3-7-16)15-27-21(26)17-8-4-9-18(14-17)23-13-5-10-20(23)25/h1-4,6-9,14H,5,10-13,15H2,(H,22,24). The van der Waals surface area contributed by atoms with E-state index in [-0.39, 0.29) is 18.4 Å². The summed E-state index contributed by atoms with van der Waals surface area (Å²) in [7, 11) is 0. The minimum absolute atomic E-state index is 0.0540. The van der Waals surface area contributed by atoms with E-state index in [0.29, 0.717) is 37.2 Å². The van der Waals surface area contributed by atoms with Crippen molar-refractivity contribution in [2.45, 2.75) is 19.3 Å². The molecule has 1 saturated heterocycles. The first-order chi connectivity index (χ1) is 13.1. The maximum atomic E-state index is 12.2. The van der Waals surface area contributed by atoms with Crippen molar-refractivity contribution in [3.8, 4) is 0 Å². The van der Waals surface area contributed by atoms with E-state index in [0.717, 1.165) is 12.0 Å². The van der Waals surface area contributed by atoms with E-state index in [9.17, 15) is 14.4 Å². The Hall–Kier alpha value is -3.15. The van der Waals surface area contributed by atoms with Crippen LogP contribution in [0.1, 0.15) is 28.8 Å². The smallest absolute Gasteiger partial charge is 0.338 e. The van der Waals surface area contributed by atoms with Gasteiger partial charge in [-0.25, -0.2) is 4.79 Å². The van der Waals surface area contributed by atoms with E-state index in [2.05, 4.69) is 5.32 Å². The molecule has 0 saturated carbocycles. The molecule has 2 aromatic carbocycles. The van der Waals surface area contributed by atoms with Gasteiger partial charge in [-0.3, -0.25) is 9.59 Å². The SMILES string of the molecule is O=C(COC(=O)c1cccc(N2CCCC2=O)c1)NCCc1ccccc1. The average molecular weight is 366 g/mol. The van der Waals surface area contributed by atoms with E-state index in [4.69, 9.17) is 4.74 Å². The zero-order chi connectivity index (χ0) is 19.1. The molecular weight excluding hydrogens is 344 g/mol. The molecule has 1 aliphatic heterocycles. The Morgan fingerprint density at radius 3 is 2.63 bits per heavy atom. The number of anilines is 1. The zero-order valence-electron chi connectivity index (χ0n) is 15.0. The van der Waals surface area contributed by atoms with Crippen LogP contribution in [0.4, 0.5) is 5.69 Å². The fourth-order valence-electron chi connectivity index (χ4n) is 2.98. The number of hydrogen-bond donors (Lipinski definition) is 1. The third kappa shape index (κ3) is 5.17. The summed E-state index contributed by atoms with van der Waals surface area (Å²) in [6.45, 7) is 0.800. The summed E-state index contributed by atoms with van der Waals surface area (Å²) >= 11 is 0. The minimum Gasteiger partial charge on any atom is -0.452 e. The second-order valence-corrected chi connectivity index (χ2v) is 6.36. The van der Waals surface area contributed by atoms with Crippen LogP contribution in [0.5, 0.6) is 0 Å². The van der Waals surface area contributed by atoms with Gasteiger partial charge in [-0.2, -0.15) is 0 Å². The molecule has 27 heavy (non-hydrogen) atoms. The lowest BCUT2D eigenvalue weighted by Crippen LogP contribution is -2.30. The fraction of sp³-hybridized carbons (Fsp3) is 0.286. The van der Waals surface area contributed by atoms with Crippen LogP contribution < -0.4 is 10.2 Å². The Labute approximate surface area is 158 Å². The van der Waals surface area contributed by atoms with E-state index < -0.39 is 5.97 Å². The molecule has 0 aliphatic carbocycles. The average Bonchev–Trinajstić information content (AvgIpc) is 3.13. The van der Waals surface area contributed by atoms with Crippen molar-refractivity contribution < 1.29 is 19.1 Å². The molecule has 0 bridgehead atoms. The van der Waals surface area contributed by atoms with Crippen LogP contribution in [0.3, 0.4) is 0 Å². The van der Waals surface area contributed by atoms with E-state index in [1.165, 1.54) is 0 Å². The molecule has 6 heteroatoms. The maximum absolute atomic E-state index is 12.2. The van der Waals surface area contributed by atoms with Gasteiger partial charge in [0.15, 0.2) is 6.61 Å². The van der Waals surface area contributed by atoms with Crippen molar-refractivity contribution in [3.63, 3.8) is 0 Å². The minimum atomic E-state index is -0.582. The van der Waals surface area contributed by atoms with Crippen molar-refractivity contribution in [3.05, 3.63) is 65.7 Å². The molecule has 0 spiro atoms. The van der Waals surface area contributed by atoms with Crippen LogP contribution in [0.25, 0.3) is 0 Å². The van der Waals surface area contributed by atoms with Gasteiger partial charge in [0.25, 0.3) is 5.91 Å². The van der Waals surface area contributed by atoms with Crippen molar-refractivity contribution in [1.29, 1.82) is 0 Å². The Morgan fingerprint density at radius 1 is 1.07 bits per heavy atom. The van der Waals surface area contributed by atoms with Gasteiger partial charge in [0.2, 0.25) is 5.91 Å². The summed E-state index contributed by atoms with van der Waals surface area (Å²) in [6, 6.07) is 16.5. The van der Waals surface area contributed by atoms with Crippen molar-refractivity contribution >= 4 is 23.5 Å². The number of carbonyl (C=O) groups is 3. The topological polar surface area (TPSA) is 75.7 Å². The predicted octanol–water partition coefficient (Wildman–Crippen LogP) is 2.33. The molecule has 6 nitrogen and oxygen atoms in total. The second-order valence-electron chi connectivity index (χ2n) is 6.36.